The van der Waals surface area contributed by atoms with Gasteiger partial charge >= 0.3 is 0 Å². The number of H-pyrrole nitrogens is 1. The first-order chi connectivity index (χ1) is 15.1. The number of ether oxygens (including phenoxy) is 1. The zero-order valence-corrected chi connectivity index (χ0v) is 18.1. The third kappa shape index (κ3) is 3.99. The molecule has 8 nitrogen and oxygen atoms in total. The fraction of sp³-hybridized carbons (Fsp3) is 0.286. The topological polar surface area (TPSA) is 107 Å². The molecular weight excluding hydrogens is 437 g/mol. The fourth-order valence-electron chi connectivity index (χ4n) is 3.92. The van der Waals surface area contributed by atoms with Crippen molar-refractivity contribution in [3.63, 3.8) is 0 Å². The van der Waals surface area contributed by atoms with Crippen LogP contribution in [0.5, 0.6) is 5.75 Å². The van der Waals surface area contributed by atoms with Gasteiger partial charge in [0, 0.05) is 35.1 Å². The molecule has 0 spiro atoms. The lowest BCUT2D eigenvalue weighted by molar-refractivity contribution is 0.214. The molecule has 3 aromatic heterocycles. The maximum absolute atomic E-state index is 6.22. The number of aromatic nitrogens is 5. The zero-order chi connectivity index (χ0) is 21.4. The van der Waals surface area contributed by atoms with Crippen molar-refractivity contribution in [2.24, 2.45) is 5.73 Å². The van der Waals surface area contributed by atoms with E-state index >= 15 is 0 Å². The first kappa shape index (κ1) is 20.3. The van der Waals surface area contributed by atoms with E-state index in [0.717, 1.165) is 48.1 Å². The van der Waals surface area contributed by atoms with Gasteiger partial charge in [0.15, 0.2) is 6.23 Å². The average molecular weight is 458 g/mol. The van der Waals surface area contributed by atoms with Gasteiger partial charge in [0.1, 0.15) is 11.4 Å². The molecule has 31 heavy (non-hydrogen) atoms. The van der Waals surface area contributed by atoms with E-state index in [4.69, 9.17) is 33.7 Å². The highest BCUT2D eigenvalue weighted by atomic mass is 35.5. The second-order valence-electron chi connectivity index (χ2n) is 7.53. The number of hydrogen-bond acceptors (Lipinski definition) is 6. The van der Waals surface area contributed by atoms with Gasteiger partial charge in [-0.15, -0.1) is 0 Å². The third-order valence-corrected chi connectivity index (χ3v) is 6.13. The number of halogens is 2. The molecule has 0 amide bonds. The van der Waals surface area contributed by atoms with Gasteiger partial charge in [-0.05, 0) is 44.1 Å². The van der Waals surface area contributed by atoms with Crippen LogP contribution in [0.1, 0.15) is 30.7 Å². The van der Waals surface area contributed by atoms with Crippen LogP contribution in [-0.2, 0) is 0 Å². The maximum atomic E-state index is 6.22. The van der Waals surface area contributed by atoms with Crippen molar-refractivity contribution in [3.05, 3.63) is 58.6 Å². The molecule has 0 saturated carbocycles. The minimum absolute atomic E-state index is 0.357. The number of piperidine rings is 1. The molecule has 1 aromatic carbocycles. The van der Waals surface area contributed by atoms with Gasteiger partial charge in [0.25, 0.3) is 0 Å². The summed E-state index contributed by atoms with van der Waals surface area (Å²) in [5.41, 5.74) is 9.38. The number of aromatic amines is 1. The van der Waals surface area contributed by atoms with E-state index < -0.39 is 6.23 Å². The highest BCUT2D eigenvalue weighted by molar-refractivity contribution is 6.35. The van der Waals surface area contributed by atoms with Gasteiger partial charge in [0.05, 0.1) is 27.8 Å². The van der Waals surface area contributed by atoms with E-state index in [9.17, 15) is 0 Å². The number of rotatable bonds is 5. The molecule has 1 saturated heterocycles. The Kier molecular flexibility index (Phi) is 5.54. The van der Waals surface area contributed by atoms with Crippen LogP contribution in [0.2, 0.25) is 10.0 Å². The van der Waals surface area contributed by atoms with E-state index in [1.54, 1.807) is 0 Å². The van der Waals surface area contributed by atoms with Crippen molar-refractivity contribution in [1.82, 2.24) is 30.3 Å². The average Bonchev–Trinajstić information content (AvgIpc) is 3.41. The Morgan fingerprint density at radius 1 is 1.13 bits per heavy atom. The minimum atomic E-state index is -0.835. The maximum Gasteiger partial charge on any atom is 0.177 e. The van der Waals surface area contributed by atoms with Gasteiger partial charge in [0.2, 0.25) is 0 Å². The number of hydrogen-bond donors (Lipinski definition) is 3. The van der Waals surface area contributed by atoms with Crippen molar-refractivity contribution in [1.29, 1.82) is 0 Å². The molecule has 10 heteroatoms. The third-order valence-electron chi connectivity index (χ3n) is 5.53. The quantitative estimate of drug-likeness (QED) is 0.389. The lowest BCUT2D eigenvalue weighted by Crippen LogP contribution is -2.29. The van der Waals surface area contributed by atoms with Gasteiger partial charge in [-0.1, -0.05) is 23.2 Å². The van der Waals surface area contributed by atoms with E-state index in [0.29, 0.717) is 27.4 Å². The highest BCUT2D eigenvalue weighted by Gasteiger charge is 2.19. The molecule has 5 rings (SSSR count). The molecule has 0 aliphatic carbocycles. The summed E-state index contributed by atoms with van der Waals surface area (Å²) in [6.45, 7) is 2.02. The summed E-state index contributed by atoms with van der Waals surface area (Å²) in [4.78, 5) is 3.95. The molecule has 4 heterocycles. The predicted octanol–water partition coefficient (Wildman–Crippen LogP) is 4.09. The Bertz CT molecular complexity index is 1200. The molecule has 0 radical (unpaired) electrons. The summed E-state index contributed by atoms with van der Waals surface area (Å²) in [5, 5.41) is 17.2. The van der Waals surface area contributed by atoms with Crippen molar-refractivity contribution in [3.8, 4) is 17.0 Å². The monoisotopic (exact) mass is 457 g/mol. The summed E-state index contributed by atoms with van der Waals surface area (Å²) in [5.74, 6) is 0.581. The normalized spacial score (nSPS) is 16.0. The second-order valence-corrected chi connectivity index (χ2v) is 8.34. The summed E-state index contributed by atoms with van der Waals surface area (Å²) < 4.78 is 7.98. The number of nitrogens with zero attached hydrogens (tertiary/aromatic N) is 4. The lowest BCUT2D eigenvalue weighted by atomic mass is 10.1. The first-order valence-corrected chi connectivity index (χ1v) is 10.8. The fourth-order valence-corrected chi connectivity index (χ4v) is 4.50. The molecule has 4 aromatic rings. The van der Waals surface area contributed by atoms with Crippen LogP contribution >= 0.6 is 23.2 Å². The Morgan fingerprint density at radius 3 is 2.68 bits per heavy atom. The minimum Gasteiger partial charge on any atom is -0.471 e. The van der Waals surface area contributed by atoms with Gasteiger partial charge in [-0.25, -0.2) is 0 Å². The van der Waals surface area contributed by atoms with Crippen molar-refractivity contribution >= 4 is 34.1 Å². The summed E-state index contributed by atoms with van der Waals surface area (Å²) >= 11 is 12.4. The number of nitrogens with one attached hydrogen (secondary N) is 2. The lowest BCUT2D eigenvalue weighted by Gasteiger charge is -2.22. The molecule has 1 aliphatic rings. The van der Waals surface area contributed by atoms with Crippen molar-refractivity contribution < 1.29 is 4.74 Å². The molecule has 1 fully saturated rings. The van der Waals surface area contributed by atoms with Crippen molar-refractivity contribution in [2.75, 3.05) is 13.1 Å². The molecule has 1 atom stereocenters. The van der Waals surface area contributed by atoms with E-state index in [2.05, 4.69) is 31.8 Å². The van der Waals surface area contributed by atoms with Crippen LogP contribution in [0.3, 0.4) is 0 Å². The molecule has 160 valence electrons. The second kappa shape index (κ2) is 8.47. The van der Waals surface area contributed by atoms with Gasteiger partial charge in [-0.3, -0.25) is 20.5 Å². The number of fused-ring (bicyclic) bond motifs is 1. The molecule has 1 aliphatic heterocycles. The molecular formula is C21H21Cl2N7O. The van der Waals surface area contributed by atoms with Crippen LogP contribution in [0.4, 0.5) is 0 Å². The number of nitrogens with two attached hydrogens (primary N) is 1. The van der Waals surface area contributed by atoms with Crippen LogP contribution in [0.25, 0.3) is 22.2 Å². The smallest absolute Gasteiger partial charge is 0.177 e. The summed E-state index contributed by atoms with van der Waals surface area (Å²) in [6.07, 6.45) is 8.19. The van der Waals surface area contributed by atoms with E-state index in [-0.39, 0.29) is 0 Å². The Balaban J connectivity index is 1.43. The summed E-state index contributed by atoms with van der Waals surface area (Å²) in [6, 6.07) is 6.04. The largest absolute Gasteiger partial charge is 0.471 e. The molecule has 0 unspecified atom stereocenters. The SMILES string of the molecule is N[C@@H](Oc1ccc2[nH]nc(-c3cnn(C4CCNCC4)c3)c2c1)c1c(Cl)cncc1Cl. The zero-order valence-electron chi connectivity index (χ0n) is 16.6. The van der Waals surface area contributed by atoms with Crippen LogP contribution < -0.4 is 15.8 Å². The first-order valence-electron chi connectivity index (χ1n) is 10.0. The van der Waals surface area contributed by atoms with Crippen LogP contribution in [-0.4, -0.2) is 38.1 Å². The standard InChI is InChI=1S/C21H21Cl2N7O/c22-16-9-26-10-17(23)19(16)21(24)31-14-1-2-18-15(7-14)20(29-28-18)12-8-27-30(11-12)13-3-5-25-6-4-13/h1-2,7-11,13,21,25H,3-6,24H2,(H,28,29)/t21-/m0/s1. The predicted molar refractivity (Wildman–Crippen MR) is 120 cm³/mol. The highest BCUT2D eigenvalue weighted by Crippen LogP contribution is 2.33. The number of pyridine rings is 1. The number of benzene rings is 1. The summed E-state index contributed by atoms with van der Waals surface area (Å²) in [7, 11) is 0. The molecule has 4 N–H and O–H groups in total. The van der Waals surface area contributed by atoms with E-state index in [1.165, 1.54) is 12.4 Å². The Labute approximate surface area is 188 Å². The van der Waals surface area contributed by atoms with E-state index in [1.807, 2.05) is 29.1 Å². The Hall–Kier alpha value is -2.65. The van der Waals surface area contributed by atoms with Crippen molar-refractivity contribution in [2.45, 2.75) is 25.1 Å². The van der Waals surface area contributed by atoms with Gasteiger partial charge in [-0.2, -0.15) is 10.2 Å². The van der Waals surface area contributed by atoms with Crippen LogP contribution in [0.15, 0.2) is 43.0 Å². The Morgan fingerprint density at radius 2 is 1.90 bits per heavy atom. The van der Waals surface area contributed by atoms with Gasteiger partial charge < -0.3 is 10.1 Å². The van der Waals surface area contributed by atoms with Crippen LogP contribution in [0, 0.1) is 0 Å². The molecule has 0 bridgehead atoms.